The maximum Gasteiger partial charge on any atom is 0.416 e. The van der Waals surface area contributed by atoms with Gasteiger partial charge in [-0.2, -0.15) is 18.3 Å². The van der Waals surface area contributed by atoms with Crippen LogP contribution < -0.4 is 0 Å². The molecule has 0 radical (unpaired) electrons. The lowest BCUT2D eigenvalue weighted by Gasteiger charge is -2.31. The van der Waals surface area contributed by atoms with Gasteiger partial charge in [-0.05, 0) is 58.1 Å². The van der Waals surface area contributed by atoms with Crippen LogP contribution >= 0.6 is 12.2 Å². The smallest absolute Gasteiger partial charge is 0.416 e. The first-order valence-electron chi connectivity index (χ1n) is 10.7. The second-order valence-corrected chi connectivity index (χ2v) is 10.4. The van der Waals surface area contributed by atoms with Gasteiger partial charge in [-0.15, -0.1) is 0 Å². The third-order valence-corrected chi connectivity index (χ3v) is 7.98. The fraction of sp³-hybridized carbons (Fsp3) is 0.364. The first-order valence-corrected chi connectivity index (χ1v) is 12.5. The number of ether oxygens (including phenoxy) is 2. The Morgan fingerprint density at radius 3 is 2.61 bits per heavy atom. The highest BCUT2D eigenvalue weighted by Gasteiger charge is 2.60. The van der Waals surface area contributed by atoms with E-state index in [2.05, 4.69) is 10.1 Å². The zero-order chi connectivity index (χ0) is 26.6. The van der Waals surface area contributed by atoms with Crippen LogP contribution in [0.3, 0.4) is 0 Å². The van der Waals surface area contributed by atoms with E-state index in [1.165, 1.54) is 24.6 Å². The minimum Gasteiger partial charge on any atom is -0.464 e. The first-order chi connectivity index (χ1) is 16.7. The van der Waals surface area contributed by atoms with Crippen molar-refractivity contribution in [3.05, 3.63) is 59.0 Å². The van der Waals surface area contributed by atoms with E-state index in [0.29, 0.717) is 33.0 Å². The molecule has 2 unspecified atom stereocenters. The number of sulfonamides is 1. The van der Waals surface area contributed by atoms with Crippen LogP contribution in [0.25, 0.3) is 5.65 Å². The number of aromatic nitrogens is 3. The molecule has 2 aromatic heterocycles. The molecule has 0 saturated carbocycles. The van der Waals surface area contributed by atoms with Gasteiger partial charge in [0.15, 0.2) is 17.3 Å². The average molecular weight is 543 g/mol. The number of halogens is 3. The third-order valence-electron chi connectivity index (χ3n) is 5.84. The average Bonchev–Trinajstić information content (AvgIpc) is 3.30. The van der Waals surface area contributed by atoms with Crippen molar-refractivity contribution in [2.45, 2.75) is 50.4 Å². The lowest BCUT2D eigenvalue weighted by Crippen LogP contribution is -2.50. The van der Waals surface area contributed by atoms with Crippen LogP contribution in [0, 0.1) is 13.8 Å². The molecule has 1 saturated heterocycles. The van der Waals surface area contributed by atoms with Crippen LogP contribution in [-0.4, -0.2) is 51.1 Å². The van der Waals surface area contributed by atoms with Gasteiger partial charge < -0.3 is 9.47 Å². The number of aryl methyl sites for hydroxylation is 2. The summed E-state index contributed by atoms with van der Waals surface area (Å²) in [6.07, 6.45) is -3.37. The van der Waals surface area contributed by atoms with Gasteiger partial charge in [0.1, 0.15) is 0 Å². The van der Waals surface area contributed by atoms with E-state index in [0.717, 1.165) is 18.2 Å². The molecule has 0 bridgehead atoms. The second kappa shape index (κ2) is 8.69. The van der Waals surface area contributed by atoms with Crippen LogP contribution in [0.15, 0.2) is 41.4 Å². The topological polar surface area (TPSA) is 103 Å². The van der Waals surface area contributed by atoms with E-state index in [4.69, 9.17) is 21.7 Å². The van der Waals surface area contributed by atoms with Crippen molar-refractivity contribution in [1.29, 1.82) is 0 Å². The first kappa shape index (κ1) is 25.8. The van der Waals surface area contributed by atoms with Crippen molar-refractivity contribution < 1.29 is 35.9 Å². The molecule has 3 aromatic rings. The molecule has 0 N–H and O–H groups in total. The summed E-state index contributed by atoms with van der Waals surface area (Å²) in [6.45, 7) is 6.32. The summed E-state index contributed by atoms with van der Waals surface area (Å²) in [7, 11) is -4.79. The van der Waals surface area contributed by atoms with Gasteiger partial charge in [0.2, 0.25) is 0 Å². The summed E-state index contributed by atoms with van der Waals surface area (Å²) in [5.41, 5.74) is -0.940. The number of esters is 1. The SMILES string of the molecule is CCOC(=O)C1N(S(=O)(=O)c2cccc(C(F)(F)F)c2)C(=S)OC1(C)c1cnc2cc(C)nn2c1C. The zero-order valence-corrected chi connectivity index (χ0v) is 21.2. The van der Waals surface area contributed by atoms with Gasteiger partial charge in [0, 0.05) is 17.8 Å². The van der Waals surface area contributed by atoms with Crippen molar-refractivity contribution in [3.8, 4) is 0 Å². The van der Waals surface area contributed by atoms with Gasteiger partial charge in [-0.25, -0.2) is 27.0 Å². The maximum absolute atomic E-state index is 13.6. The van der Waals surface area contributed by atoms with Crippen LogP contribution in [0.2, 0.25) is 0 Å². The predicted molar refractivity (Wildman–Crippen MR) is 124 cm³/mol. The molecular weight excluding hydrogens is 521 g/mol. The molecule has 0 aliphatic carbocycles. The molecule has 3 heterocycles. The Hall–Kier alpha value is -3.26. The summed E-state index contributed by atoms with van der Waals surface area (Å²) >= 11 is 5.22. The largest absolute Gasteiger partial charge is 0.464 e. The molecule has 0 amide bonds. The number of nitrogens with zero attached hydrogens (tertiary/aromatic N) is 4. The fourth-order valence-electron chi connectivity index (χ4n) is 4.19. The number of carbonyl (C=O) groups excluding carboxylic acids is 1. The maximum atomic E-state index is 13.6. The Labute approximate surface area is 209 Å². The summed E-state index contributed by atoms with van der Waals surface area (Å²) in [6, 6.07) is 3.18. The van der Waals surface area contributed by atoms with E-state index in [1.807, 2.05) is 0 Å². The van der Waals surface area contributed by atoms with E-state index in [9.17, 15) is 26.4 Å². The van der Waals surface area contributed by atoms with Gasteiger partial charge in [0.05, 0.1) is 28.5 Å². The molecule has 36 heavy (non-hydrogen) atoms. The molecule has 1 aliphatic rings. The predicted octanol–water partition coefficient (Wildman–Crippen LogP) is 3.52. The van der Waals surface area contributed by atoms with Gasteiger partial charge in [0.25, 0.3) is 15.2 Å². The van der Waals surface area contributed by atoms with Crippen LogP contribution in [-0.2, 0) is 36.1 Å². The molecule has 2 atom stereocenters. The molecule has 192 valence electrons. The van der Waals surface area contributed by atoms with Gasteiger partial charge in [-0.1, -0.05) is 6.07 Å². The molecule has 14 heteroatoms. The van der Waals surface area contributed by atoms with E-state index < -0.39 is 49.4 Å². The summed E-state index contributed by atoms with van der Waals surface area (Å²) < 4.78 is 80.1. The number of alkyl halides is 3. The van der Waals surface area contributed by atoms with Gasteiger partial charge >= 0.3 is 12.1 Å². The molecular formula is C22H21F3N4O5S2. The molecule has 0 spiro atoms. The number of hydrogen-bond donors (Lipinski definition) is 0. The van der Waals surface area contributed by atoms with E-state index in [1.54, 1.807) is 19.9 Å². The van der Waals surface area contributed by atoms with Crippen molar-refractivity contribution in [2.75, 3.05) is 6.61 Å². The highest BCUT2D eigenvalue weighted by molar-refractivity contribution is 7.91. The summed E-state index contributed by atoms with van der Waals surface area (Å²) in [5.74, 6) is -0.994. The lowest BCUT2D eigenvalue weighted by molar-refractivity contribution is -0.151. The third kappa shape index (κ3) is 4.07. The van der Waals surface area contributed by atoms with E-state index >= 15 is 0 Å². The Bertz CT molecular complexity index is 1490. The van der Waals surface area contributed by atoms with Crippen LogP contribution in [0.5, 0.6) is 0 Å². The summed E-state index contributed by atoms with van der Waals surface area (Å²) in [5, 5.41) is 3.74. The van der Waals surface area contributed by atoms with Crippen molar-refractivity contribution in [3.63, 3.8) is 0 Å². The highest BCUT2D eigenvalue weighted by atomic mass is 32.2. The molecule has 4 rings (SSSR count). The lowest BCUT2D eigenvalue weighted by atomic mass is 9.88. The second-order valence-electron chi connectivity index (χ2n) is 8.27. The van der Waals surface area contributed by atoms with Crippen LogP contribution in [0.1, 0.15) is 36.4 Å². The summed E-state index contributed by atoms with van der Waals surface area (Å²) in [4.78, 5) is 16.8. The Morgan fingerprint density at radius 1 is 1.28 bits per heavy atom. The van der Waals surface area contributed by atoms with E-state index in [-0.39, 0.29) is 6.61 Å². The molecule has 9 nitrogen and oxygen atoms in total. The number of hydrogen-bond acceptors (Lipinski definition) is 8. The molecule has 1 aliphatic heterocycles. The molecule has 1 fully saturated rings. The number of benzene rings is 1. The standard InChI is InChI=1S/C22H21F3N4O5S2/c1-5-33-19(30)18-21(4,16-11-26-17-9-12(2)27-28(17)13(16)3)34-20(35)29(18)36(31,32)15-8-6-7-14(10-15)22(23,24)25/h6-11,18H,5H2,1-4H3. The number of rotatable bonds is 5. The normalized spacial score (nSPS) is 20.6. The molecule has 1 aromatic carbocycles. The number of carbonyl (C=O) groups is 1. The fourth-order valence-corrected chi connectivity index (χ4v) is 6.31. The highest BCUT2D eigenvalue weighted by Crippen LogP contribution is 2.43. The van der Waals surface area contributed by atoms with Crippen molar-refractivity contribution >= 4 is 39.0 Å². The zero-order valence-electron chi connectivity index (χ0n) is 19.5. The number of fused-ring (bicyclic) bond motifs is 1. The quantitative estimate of drug-likeness (QED) is 0.357. The number of thiocarbonyl (C=S) groups is 1. The Balaban J connectivity index is 1.90. The monoisotopic (exact) mass is 542 g/mol. The minimum atomic E-state index is -4.79. The minimum absolute atomic E-state index is 0.0930. The Kier molecular flexibility index (Phi) is 6.23. The van der Waals surface area contributed by atoms with Crippen molar-refractivity contribution in [1.82, 2.24) is 18.9 Å². The van der Waals surface area contributed by atoms with Gasteiger partial charge in [-0.3, -0.25) is 0 Å². The Morgan fingerprint density at radius 2 is 1.97 bits per heavy atom. The van der Waals surface area contributed by atoms with Crippen molar-refractivity contribution in [2.24, 2.45) is 0 Å². The van der Waals surface area contributed by atoms with Crippen LogP contribution in [0.4, 0.5) is 13.2 Å².